The summed E-state index contributed by atoms with van der Waals surface area (Å²) in [4.78, 5) is 0. The Balaban J connectivity index is 1.75. The Morgan fingerprint density at radius 2 is 2.25 bits per heavy atom. The second-order valence-corrected chi connectivity index (χ2v) is 4.49. The van der Waals surface area contributed by atoms with Gasteiger partial charge in [-0.2, -0.15) is 0 Å². The normalized spacial score (nSPS) is 20.2. The van der Waals surface area contributed by atoms with Crippen LogP contribution < -0.4 is 5.32 Å². The summed E-state index contributed by atoms with van der Waals surface area (Å²) in [6.07, 6.45) is 2.80. The number of halogens is 1. The van der Waals surface area contributed by atoms with Gasteiger partial charge in [0, 0.05) is 25.6 Å². The van der Waals surface area contributed by atoms with Gasteiger partial charge in [-0.05, 0) is 24.0 Å². The van der Waals surface area contributed by atoms with Crippen LogP contribution in [0.15, 0.2) is 24.3 Å². The van der Waals surface area contributed by atoms with Crippen molar-refractivity contribution in [3.8, 4) is 0 Å². The maximum atomic E-state index is 5.80. The fraction of sp³-hybridized carbons (Fsp3) is 0.538. The summed E-state index contributed by atoms with van der Waals surface area (Å²) in [5.41, 5.74) is 2.47. The maximum absolute atomic E-state index is 5.80. The monoisotopic (exact) mass is 239 g/mol. The molecule has 1 unspecified atom stereocenters. The molecule has 0 amide bonds. The van der Waals surface area contributed by atoms with Gasteiger partial charge < -0.3 is 10.1 Å². The zero-order chi connectivity index (χ0) is 11.2. The van der Waals surface area contributed by atoms with E-state index >= 15 is 0 Å². The molecular formula is C13H18ClNO. The molecule has 0 radical (unpaired) electrons. The van der Waals surface area contributed by atoms with Crippen LogP contribution >= 0.6 is 11.6 Å². The molecule has 0 aliphatic carbocycles. The molecule has 1 aliphatic rings. The molecule has 2 rings (SSSR count). The second kappa shape index (κ2) is 6.24. The zero-order valence-electron chi connectivity index (χ0n) is 9.42. The van der Waals surface area contributed by atoms with Crippen molar-refractivity contribution in [3.63, 3.8) is 0 Å². The Bertz CT molecular complexity index is 323. The molecule has 0 aromatic heterocycles. The number of hydrogen-bond donors (Lipinski definition) is 1. The topological polar surface area (TPSA) is 21.3 Å². The molecule has 88 valence electrons. The SMILES string of the molecule is ClCc1cccc(CNCC2CCCO2)c1. The van der Waals surface area contributed by atoms with E-state index in [0.717, 1.165) is 19.7 Å². The first-order valence-electron chi connectivity index (χ1n) is 5.84. The van der Waals surface area contributed by atoms with E-state index in [-0.39, 0.29) is 0 Å². The molecule has 16 heavy (non-hydrogen) atoms. The molecule has 1 saturated heterocycles. The molecule has 1 aromatic carbocycles. The second-order valence-electron chi connectivity index (χ2n) is 4.22. The minimum atomic E-state index is 0.413. The summed E-state index contributed by atoms with van der Waals surface area (Å²) >= 11 is 5.80. The van der Waals surface area contributed by atoms with Crippen LogP contribution in [0.2, 0.25) is 0 Å². The van der Waals surface area contributed by atoms with Crippen molar-refractivity contribution >= 4 is 11.6 Å². The Morgan fingerprint density at radius 1 is 1.38 bits per heavy atom. The lowest BCUT2D eigenvalue weighted by atomic mass is 10.1. The lowest BCUT2D eigenvalue weighted by Gasteiger charge is -2.11. The van der Waals surface area contributed by atoms with E-state index in [4.69, 9.17) is 16.3 Å². The number of ether oxygens (including phenoxy) is 1. The van der Waals surface area contributed by atoms with Crippen molar-refractivity contribution in [2.24, 2.45) is 0 Å². The van der Waals surface area contributed by atoms with Gasteiger partial charge in [0.1, 0.15) is 0 Å². The molecule has 0 bridgehead atoms. The van der Waals surface area contributed by atoms with E-state index in [1.54, 1.807) is 0 Å². The summed E-state index contributed by atoms with van der Waals surface area (Å²) in [5, 5.41) is 3.43. The molecule has 2 nitrogen and oxygen atoms in total. The predicted molar refractivity (Wildman–Crippen MR) is 66.7 cm³/mol. The van der Waals surface area contributed by atoms with Crippen LogP contribution in [0.3, 0.4) is 0 Å². The lowest BCUT2D eigenvalue weighted by Crippen LogP contribution is -2.25. The van der Waals surface area contributed by atoms with Gasteiger partial charge in [-0.1, -0.05) is 24.3 Å². The van der Waals surface area contributed by atoms with E-state index in [2.05, 4.69) is 29.6 Å². The van der Waals surface area contributed by atoms with Gasteiger partial charge in [0.15, 0.2) is 0 Å². The first-order chi connectivity index (χ1) is 7.88. The third-order valence-corrected chi connectivity index (χ3v) is 3.18. The average Bonchev–Trinajstić information content (AvgIpc) is 2.82. The predicted octanol–water partition coefficient (Wildman–Crippen LogP) is 2.69. The van der Waals surface area contributed by atoms with Gasteiger partial charge in [0.2, 0.25) is 0 Å². The fourth-order valence-electron chi connectivity index (χ4n) is 2.01. The molecule has 3 heteroatoms. The summed E-state index contributed by atoms with van der Waals surface area (Å²) < 4.78 is 5.55. The third kappa shape index (κ3) is 3.48. The fourth-order valence-corrected chi connectivity index (χ4v) is 2.17. The van der Waals surface area contributed by atoms with Crippen molar-refractivity contribution in [2.45, 2.75) is 31.4 Å². The summed E-state index contributed by atoms with van der Waals surface area (Å²) in [6.45, 7) is 2.77. The highest BCUT2D eigenvalue weighted by atomic mass is 35.5. The first kappa shape index (κ1) is 11.9. The van der Waals surface area contributed by atoms with E-state index < -0.39 is 0 Å². The van der Waals surface area contributed by atoms with Gasteiger partial charge in [0.05, 0.1) is 6.10 Å². The highest BCUT2D eigenvalue weighted by molar-refractivity contribution is 6.17. The van der Waals surface area contributed by atoms with E-state index in [0.29, 0.717) is 12.0 Å². The van der Waals surface area contributed by atoms with Crippen LogP contribution in [0.25, 0.3) is 0 Å². The highest BCUT2D eigenvalue weighted by Gasteiger charge is 2.14. The number of rotatable bonds is 5. The Kier molecular flexibility index (Phi) is 4.64. The summed E-state index contributed by atoms with van der Waals surface area (Å²) in [5.74, 6) is 0.583. The lowest BCUT2D eigenvalue weighted by molar-refractivity contribution is 0.110. The van der Waals surface area contributed by atoms with E-state index in [1.807, 2.05) is 0 Å². The number of alkyl halides is 1. The van der Waals surface area contributed by atoms with Gasteiger partial charge in [-0.3, -0.25) is 0 Å². The van der Waals surface area contributed by atoms with Crippen LogP contribution in [-0.4, -0.2) is 19.3 Å². The third-order valence-electron chi connectivity index (χ3n) is 2.87. The maximum Gasteiger partial charge on any atom is 0.0700 e. The first-order valence-corrected chi connectivity index (χ1v) is 6.38. The van der Waals surface area contributed by atoms with Crippen molar-refractivity contribution in [1.82, 2.24) is 5.32 Å². The van der Waals surface area contributed by atoms with Gasteiger partial charge in [0.25, 0.3) is 0 Å². The number of hydrogen-bond acceptors (Lipinski definition) is 2. The Hall–Kier alpha value is -0.570. The molecule has 1 atom stereocenters. The Morgan fingerprint density at radius 3 is 3.00 bits per heavy atom. The molecule has 1 fully saturated rings. The quantitative estimate of drug-likeness (QED) is 0.798. The molecule has 0 spiro atoms. The molecule has 1 aliphatic heterocycles. The number of nitrogens with one attached hydrogen (secondary N) is 1. The summed E-state index contributed by atoms with van der Waals surface area (Å²) in [7, 11) is 0. The van der Waals surface area contributed by atoms with Crippen molar-refractivity contribution in [1.29, 1.82) is 0 Å². The number of benzene rings is 1. The Labute approximate surface area is 102 Å². The molecule has 0 saturated carbocycles. The van der Waals surface area contributed by atoms with Crippen LogP contribution in [0.1, 0.15) is 24.0 Å². The minimum Gasteiger partial charge on any atom is -0.377 e. The van der Waals surface area contributed by atoms with E-state index in [1.165, 1.54) is 24.0 Å². The van der Waals surface area contributed by atoms with E-state index in [9.17, 15) is 0 Å². The molecule has 1 aromatic rings. The van der Waals surface area contributed by atoms with Crippen LogP contribution in [0, 0.1) is 0 Å². The minimum absolute atomic E-state index is 0.413. The molecular weight excluding hydrogens is 222 g/mol. The molecule has 1 N–H and O–H groups in total. The average molecular weight is 240 g/mol. The van der Waals surface area contributed by atoms with Crippen molar-refractivity contribution < 1.29 is 4.74 Å². The largest absolute Gasteiger partial charge is 0.377 e. The summed E-state index contributed by atoms with van der Waals surface area (Å²) in [6, 6.07) is 8.38. The highest BCUT2D eigenvalue weighted by Crippen LogP contribution is 2.11. The van der Waals surface area contributed by atoms with Crippen LogP contribution in [0.4, 0.5) is 0 Å². The van der Waals surface area contributed by atoms with Crippen molar-refractivity contribution in [3.05, 3.63) is 35.4 Å². The smallest absolute Gasteiger partial charge is 0.0700 e. The van der Waals surface area contributed by atoms with Gasteiger partial charge in [-0.15, -0.1) is 11.6 Å². The van der Waals surface area contributed by atoms with Gasteiger partial charge >= 0.3 is 0 Å². The van der Waals surface area contributed by atoms with Crippen LogP contribution in [-0.2, 0) is 17.2 Å². The van der Waals surface area contributed by atoms with Crippen LogP contribution in [0.5, 0.6) is 0 Å². The molecule has 1 heterocycles. The standard InChI is InChI=1S/C13H18ClNO/c14-8-11-3-1-4-12(7-11)9-15-10-13-5-2-6-16-13/h1,3-4,7,13,15H,2,5-6,8-10H2. The zero-order valence-corrected chi connectivity index (χ0v) is 10.2. The van der Waals surface area contributed by atoms with Crippen molar-refractivity contribution in [2.75, 3.05) is 13.2 Å². The van der Waals surface area contributed by atoms with Gasteiger partial charge in [-0.25, -0.2) is 0 Å².